The van der Waals surface area contributed by atoms with Crippen molar-refractivity contribution in [1.82, 2.24) is 0 Å². The highest BCUT2D eigenvalue weighted by Crippen LogP contribution is 2.27. The lowest BCUT2D eigenvalue weighted by atomic mass is 10.1. The van der Waals surface area contributed by atoms with E-state index >= 15 is 0 Å². The molecule has 0 spiro atoms. The van der Waals surface area contributed by atoms with Crippen LogP contribution in [0.5, 0.6) is 17.2 Å². The third-order valence-corrected chi connectivity index (χ3v) is 4.89. The van der Waals surface area contributed by atoms with Crippen LogP contribution in [0.4, 0.5) is 0 Å². The zero-order chi connectivity index (χ0) is 21.5. The molecule has 3 rings (SSSR count). The van der Waals surface area contributed by atoms with E-state index in [-0.39, 0.29) is 6.61 Å². The van der Waals surface area contributed by atoms with Crippen LogP contribution in [0.15, 0.2) is 60.7 Å². The van der Waals surface area contributed by atoms with Crippen LogP contribution in [0.25, 0.3) is 0 Å². The number of para-hydroxylation sites is 1. The first-order chi connectivity index (χ1) is 14.4. The Morgan fingerprint density at radius 2 is 1.57 bits per heavy atom. The maximum absolute atomic E-state index is 10.8. The van der Waals surface area contributed by atoms with Crippen molar-refractivity contribution in [3.63, 3.8) is 0 Å². The molecule has 0 aliphatic rings. The summed E-state index contributed by atoms with van der Waals surface area (Å²) in [5, 5.41) is 9.61. The summed E-state index contributed by atoms with van der Waals surface area (Å²) < 4.78 is 17.2. The summed E-state index contributed by atoms with van der Waals surface area (Å²) in [6.45, 7) is 4.10. The van der Waals surface area contributed by atoms with Gasteiger partial charge in [-0.05, 0) is 48.7 Å². The number of ether oxygens (including phenoxy) is 3. The lowest BCUT2D eigenvalue weighted by molar-refractivity contribution is -0.139. The van der Waals surface area contributed by atoms with Gasteiger partial charge < -0.3 is 19.3 Å². The second-order valence-electron chi connectivity index (χ2n) is 6.88. The Labute approximate surface area is 180 Å². The van der Waals surface area contributed by atoms with Gasteiger partial charge in [-0.2, -0.15) is 0 Å². The van der Waals surface area contributed by atoms with Crippen LogP contribution in [0.3, 0.4) is 0 Å². The zero-order valence-corrected chi connectivity index (χ0v) is 17.6. The van der Waals surface area contributed by atoms with Crippen molar-refractivity contribution in [2.24, 2.45) is 0 Å². The monoisotopic (exact) mass is 426 g/mol. The highest BCUT2D eigenvalue weighted by atomic mass is 35.5. The number of carboxylic acid groups (broad SMARTS) is 1. The predicted molar refractivity (Wildman–Crippen MR) is 116 cm³/mol. The molecule has 0 amide bonds. The molecular weight excluding hydrogens is 404 g/mol. The van der Waals surface area contributed by atoms with E-state index in [1.54, 1.807) is 0 Å². The molecule has 0 unspecified atom stereocenters. The average Bonchev–Trinajstić information content (AvgIpc) is 2.72. The van der Waals surface area contributed by atoms with Gasteiger partial charge in [0.2, 0.25) is 0 Å². The fourth-order valence-electron chi connectivity index (χ4n) is 2.95. The van der Waals surface area contributed by atoms with Crippen LogP contribution in [0.1, 0.15) is 22.3 Å². The van der Waals surface area contributed by atoms with Gasteiger partial charge in [0, 0.05) is 16.7 Å². The minimum absolute atomic E-state index is 0.246. The van der Waals surface area contributed by atoms with Crippen LogP contribution >= 0.6 is 11.6 Å². The molecule has 3 aromatic carbocycles. The van der Waals surface area contributed by atoms with E-state index in [1.165, 1.54) is 0 Å². The number of rotatable bonds is 9. The van der Waals surface area contributed by atoms with Crippen LogP contribution in [0.2, 0.25) is 5.02 Å². The molecule has 0 aromatic heterocycles. The summed E-state index contributed by atoms with van der Waals surface area (Å²) in [5.74, 6) is 0.841. The van der Waals surface area contributed by atoms with Gasteiger partial charge in [0.1, 0.15) is 30.5 Å². The van der Waals surface area contributed by atoms with Gasteiger partial charge in [-0.25, -0.2) is 4.79 Å². The van der Waals surface area contributed by atoms with Crippen molar-refractivity contribution in [2.75, 3.05) is 6.61 Å². The Bertz CT molecular complexity index is 1030. The number of aliphatic carboxylic acids is 1. The second kappa shape index (κ2) is 10.0. The van der Waals surface area contributed by atoms with E-state index in [0.29, 0.717) is 23.9 Å². The van der Waals surface area contributed by atoms with Crippen LogP contribution < -0.4 is 14.2 Å². The molecule has 0 saturated carbocycles. The molecule has 5 nitrogen and oxygen atoms in total. The summed E-state index contributed by atoms with van der Waals surface area (Å²) in [5.41, 5.74) is 3.67. The number of hydrogen-bond donors (Lipinski definition) is 1. The first kappa shape index (κ1) is 21.5. The molecular formula is C24H23ClO5. The molecule has 3 aromatic rings. The molecule has 0 aliphatic carbocycles. The molecule has 156 valence electrons. The largest absolute Gasteiger partial charge is 0.489 e. The van der Waals surface area contributed by atoms with Gasteiger partial charge in [-0.15, -0.1) is 0 Å². The van der Waals surface area contributed by atoms with Crippen LogP contribution in [0, 0.1) is 13.8 Å². The predicted octanol–water partition coefficient (Wildman–Crippen LogP) is 5.58. The van der Waals surface area contributed by atoms with Crippen LogP contribution in [-0.4, -0.2) is 17.7 Å². The average molecular weight is 427 g/mol. The van der Waals surface area contributed by atoms with Crippen molar-refractivity contribution in [3.05, 3.63) is 87.9 Å². The normalized spacial score (nSPS) is 10.5. The topological polar surface area (TPSA) is 65.0 Å². The Hall–Kier alpha value is -3.18. The van der Waals surface area contributed by atoms with E-state index in [1.807, 2.05) is 74.5 Å². The Kier molecular flexibility index (Phi) is 7.20. The number of carbonyl (C=O) groups is 1. The summed E-state index contributed by atoms with van der Waals surface area (Å²) in [6.07, 6.45) is 0. The summed E-state index contributed by atoms with van der Waals surface area (Å²) in [4.78, 5) is 10.8. The third kappa shape index (κ3) is 5.91. The van der Waals surface area contributed by atoms with Gasteiger partial charge in [0.15, 0.2) is 6.61 Å². The van der Waals surface area contributed by atoms with Crippen molar-refractivity contribution >= 4 is 17.6 Å². The lowest BCUT2D eigenvalue weighted by Gasteiger charge is -2.14. The molecule has 0 atom stereocenters. The summed E-state index contributed by atoms with van der Waals surface area (Å²) in [6, 6.07) is 18.8. The maximum atomic E-state index is 10.8. The SMILES string of the molecule is Cc1cc(COc2cccc(OCc3cccc(C)c3OCC(=O)O)c2)ccc1Cl. The standard InChI is InChI=1S/C24H23ClO5/c1-16-5-3-6-19(24(16)30-15-23(26)27)14-29-21-8-4-7-20(12-21)28-13-18-9-10-22(25)17(2)11-18/h3-12H,13-15H2,1-2H3,(H,26,27). The summed E-state index contributed by atoms with van der Waals surface area (Å²) >= 11 is 6.06. The molecule has 0 radical (unpaired) electrons. The quantitative estimate of drug-likeness (QED) is 0.484. The minimum atomic E-state index is -1.02. The Morgan fingerprint density at radius 3 is 2.27 bits per heavy atom. The van der Waals surface area contributed by atoms with Crippen molar-refractivity contribution in [1.29, 1.82) is 0 Å². The molecule has 6 heteroatoms. The number of hydrogen-bond acceptors (Lipinski definition) is 4. The fraction of sp³-hybridized carbons (Fsp3) is 0.208. The van der Waals surface area contributed by atoms with Gasteiger partial charge >= 0.3 is 5.97 Å². The third-order valence-electron chi connectivity index (χ3n) is 4.46. The van der Waals surface area contributed by atoms with Crippen molar-refractivity contribution in [2.45, 2.75) is 27.1 Å². The number of carboxylic acids is 1. The van der Waals surface area contributed by atoms with Crippen molar-refractivity contribution < 1.29 is 24.1 Å². The highest BCUT2D eigenvalue weighted by molar-refractivity contribution is 6.31. The smallest absolute Gasteiger partial charge is 0.341 e. The molecule has 0 heterocycles. The molecule has 0 bridgehead atoms. The molecule has 30 heavy (non-hydrogen) atoms. The van der Waals surface area contributed by atoms with E-state index in [0.717, 1.165) is 27.3 Å². The molecule has 0 fully saturated rings. The van der Waals surface area contributed by atoms with Gasteiger partial charge in [0.05, 0.1) is 0 Å². The molecule has 0 aliphatic heterocycles. The second-order valence-corrected chi connectivity index (χ2v) is 7.29. The minimum Gasteiger partial charge on any atom is -0.489 e. The fourth-order valence-corrected chi connectivity index (χ4v) is 3.06. The zero-order valence-electron chi connectivity index (χ0n) is 16.9. The molecule has 1 N–H and O–H groups in total. The van der Waals surface area contributed by atoms with Crippen LogP contribution in [-0.2, 0) is 18.0 Å². The number of halogens is 1. The Morgan fingerprint density at radius 1 is 0.867 bits per heavy atom. The van der Waals surface area contributed by atoms with E-state index in [2.05, 4.69) is 0 Å². The van der Waals surface area contributed by atoms with Gasteiger partial charge in [-0.1, -0.05) is 48.0 Å². The lowest BCUT2D eigenvalue weighted by Crippen LogP contribution is -2.12. The van der Waals surface area contributed by atoms with E-state index < -0.39 is 12.6 Å². The van der Waals surface area contributed by atoms with Crippen molar-refractivity contribution in [3.8, 4) is 17.2 Å². The molecule has 0 saturated heterocycles. The number of benzene rings is 3. The first-order valence-electron chi connectivity index (χ1n) is 9.46. The Balaban J connectivity index is 1.64. The van der Waals surface area contributed by atoms with E-state index in [9.17, 15) is 4.79 Å². The highest BCUT2D eigenvalue weighted by Gasteiger charge is 2.10. The summed E-state index contributed by atoms with van der Waals surface area (Å²) in [7, 11) is 0. The van der Waals surface area contributed by atoms with E-state index in [4.69, 9.17) is 30.9 Å². The van der Waals surface area contributed by atoms with Gasteiger partial charge in [-0.3, -0.25) is 0 Å². The first-order valence-corrected chi connectivity index (χ1v) is 9.84. The van der Waals surface area contributed by atoms with Gasteiger partial charge in [0.25, 0.3) is 0 Å². The maximum Gasteiger partial charge on any atom is 0.341 e. The number of aryl methyl sites for hydroxylation is 2.